The van der Waals surface area contributed by atoms with Gasteiger partial charge in [0.2, 0.25) is 0 Å². The van der Waals surface area contributed by atoms with E-state index in [4.69, 9.17) is 9.29 Å². The molecule has 1 unspecified atom stereocenters. The average Bonchev–Trinajstić information content (AvgIpc) is 2.24. The molecular weight excluding hydrogens is 244 g/mol. The fourth-order valence-corrected chi connectivity index (χ4v) is 1.48. The molecule has 0 aromatic heterocycles. The summed E-state index contributed by atoms with van der Waals surface area (Å²) in [5.74, 6) is -0.406. The number of unbranched alkanes of at least 4 members (excludes halogenated alkanes) is 4. The predicted molar refractivity (Wildman–Crippen MR) is 65.3 cm³/mol. The third-order valence-electron chi connectivity index (χ3n) is 2.47. The van der Waals surface area contributed by atoms with Gasteiger partial charge in [-0.3, -0.25) is 9.35 Å². The molecule has 0 aromatic carbocycles. The maximum Gasteiger partial charge on any atom is 0.305 e. The van der Waals surface area contributed by atoms with Crippen molar-refractivity contribution in [2.24, 2.45) is 0 Å². The molecule has 0 saturated carbocycles. The molecular formula is C11H22O5S. The van der Waals surface area contributed by atoms with Crippen LogP contribution in [0.1, 0.15) is 52.4 Å². The molecule has 0 radical (unpaired) electrons. The molecule has 0 saturated heterocycles. The Labute approximate surface area is 103 Å². The maximum absolute atomic E-state index is 11.2. The van der Waals surface area contributed by atoms with E-state index in [1.807, 2.05) is 0 Å². The highest BCUT2D eigenvalue weighted by atomic mass is 32.2. The van der Waals surface area contributed by atoms with Crippen LogP contribution in [0.15, 0.2) is 0 Å². The number of carbonyl (C=O) groups is 1. The van der Waals surface area contributed by atoms with Crippen molar-refractivity contribution in [2.75, 3.05) is 6.61 Å². The van der Waals surface area contributed by atoms with Crippen molar-refractivity contribution in [3.8, 4) is 0 Å². The van der Waals surface area contributed by atoms with Gasteiger partial charge in [-0.15, -0.1) is 0 Å². The summed E-state index contributed by atoms with van der Waals surface area (Å²) in [7, 11) is -4.11. The van der Waals surface area contributed by atoms with Crippen molar-refractivity contribution in [3.05, 3.63) is 0 Å². The quantitative estimate of drug-likeness (QED) is 0.393. The van der Waals surface area contributed by atoms with Crippen molar-refractivity contribution in [1.82, 2.24) is 0 Å². The molecule has 1 N–H and O–H groups in total. The van der Waals surface area contributed by atoms with E-state index in [1.165, 1.54) is 6.92 Å². The Morgan fingerprint density at radius 3 is 2.35 bits per heavy atom. The topological polar surface area (TPSA) is 80.7 Å². The van der Waals surface area contributed by atoms with E-state index in [9.17, 15) is 13.2 Å². The second kappa shape index (κ2) is 8.47. The van der Waals surface area contributed by atoms with Crippen molar-refractivity contribution in [3.63, 3.8) is 0 Å². The van der Waals surface area contributed by atoms with E-state index in [2.05, 4.69) is 6.92 Å². The summed E-state index contributed by atoms with van der Waals surface area (Å²) in [4.78, 5) is 11.2. The Morgan fingerprint density at radius 2 is 1.82 bits per heavy atom. The Kier molecular flexibility index (Phi) is 8.16. The molecule has 0 spiro atoms. The molecule has 0 aliphatic carbocycles. The molecule has 0 rings (SSSR count). The van der Waals surface area contributed by atoms with Crippen LogP contribution < -0.4 is 0 Å². The molecule has 0 aliphatic rings. The Morgan fingerprint density at radius 1 is 1.24 bits per heavy atom. The van der Waals surface area contributed by atoms with Crippen LogP contribution in [0, 0.1) is 0 Å². The minimum Gasteiger partial charge on any atom is -0.464 e. The van der Waals surface area contributed by atoms with Gasteiger partial charge in [-0.05, 0) is 13.3 Å². The second-order valence-electron chi connectivity index (χ2n) is 4.17. The largest absolute Gasteiger partial charge is 0.464 e. The minimum atomic E-state index is -4.11. The molecule has 0 aliphatic heterocycles. The molecule has 0 heterocycles. The summed E-state index contributed by atoms with van der Waals surface area (Å²) in [6.45, 7) is 3.13. The van der Waals surface area contributed by atoms with Gasteiger partial charge in [-0.25, -0.2) is 0 Å². The highest BCUT2D eigenvalue weighted by molar-refractivity contribution is 7.86. The first-order valence-corrected chi connectivity index (χ1v) is 7.50. The first-order valence-electron chi connectivity index (χ1n) is 5.99. The number of esters is 1. The molecule has 1 atom stereocenters. The molecule has 0 fully saturated rings. The van der Waals surface area contributed by atoms with Gasteiger partial charge in [-0.1, -0.05) is 32.6 Å². The lowest BCUT2D eigenvalue weighted by atomic mass is 10.1. The summed E-state index contributed by atoms with van der Waals surface area (Å²) in [6.07, 6.45) is 5.47. The average molecular weight is 266 g/mol. The molecule has 6 heteroatoms. The summed E-state index contributed by atoms with van der Waals surface area (Å²) in [5, 5.41) is -1.06. The van der Waals surface area contributed by atoms with E-state index in [-0.39, 0.29) is 6.61 Å². The number of rotatable bonds is 9. The number of hydrogen-bond donors (Lipinski definition) is 1. The first-order chi connectivity index (χ1) is 7.88. The normalized spacial score (nSPS) is 13.4. The number of carbonyl (C=O) groups excluding carboxylic acids is 1. The summed E-state index contributed by atoms with van der Waals surface area (Å²) in [5.41, 5.74) is 0. The number of hydrogen-bond acceptors (Lipinski definition) is 4. The predicted octanol–water partition coefficient (Wildman–Crippen LogP) is 2.17. The van der Waals surface area contributed by atoms with Gasteiger partial charge in [0.05, 0.1) is 0 Å². The van der Waals surface area contributed by atoms with Crippen LogP contribution in [0.5, 0.6) is 0 Å². The van der Waals surface area contributed by atoms with Crippen LogP contribution in [-0.2, 0) is 19.6 Å². The van der Waals surface area contributed by atoms with Gasteiger partial charge < -0.3 is 4.74 Å². The van der Waals surface area contributed by atoms with Gasteiger partial charge >= 0.3 is 5.97 Å². The van der Waals surface area contributed by atoms with E-state index in [0.29, 0.717) is 6.42 Å². The summed E-state index contributed by atoms with van der Waals surface area (Å²) < 4.78 is 34.7. The molecule has 0 amide bonds. The Bertz CT molecular complexity index is 310. The SMILES string of the molecule is CCCCCCCC(=O)OCC(C)S(=O)(=O)O. The van der Waals surface area contributed by atoms with Crippen molar-refractivity contribution < 1.29 is 22.5 Å². The van der Waals surface area contributed by atoms with Crippen LogP contribution in [0.2, 0.25) is 0 Å². The smallest absolute Gasteiger partial charge is 0.305 e. The van der Waals surface area contributed by atoms with Gasteiger partial charge in [-0.2, -0.15) is 8.42 Å². The van der Waals surface area contributed by atoms with Crippen LogP contribution in [0.3, 0.4) is 0 Å². The van der Waals surface area contributed by atoms with Crippen LogP contribution in [0.25, 0.3) is 0 Å². The first kappa shape index (κ1) is 16.4. The zero-order valence-corrected chi connectivity index (χ0v) is 11.3. The lowest BCUT2D eigenvalue weighted by Gasteiger charge is -2.09. The summed E-state index contributed by atoms with van der Waals surface area (Å²) >= 11 is 0. The van der Waals surface area contributed by atoms with Crippen molar-refractivity contribution in [2.45, 2.75) is 57.6 Å². The van der Waals surface area contributed by atoms with Crippen molar-refractivity contribution in [1.29, 1.82) is 0 Å². The third kappa shape index (κ3) is 9.12. The van der Waals surface area contributed by atoms with Crippen LogP contribution in [-0.4, -0.2) is 30.8 Å². The third-order valence-corrected chi connectivity index (χ3v) is 3.62. The second-order valence-corrected chi connectivity index (χ2v) is 6.01. The van der Waals surface area contributed by atoms with Crippen LogP contribution >= 0.6 is 0 Å². The summed E-state index contributed by atoms with van der Waals surface area (Å²) in [6, 6.07) is 0. The highest BCUT2D eigenvalue weighted by Crippen LogP contribution is 2.06. The van der Waals surface area contributed by atoms with Gasteiger partial charge in [0.1, 0.15) is 11.9 Å². The lowest BCUT2D eigenvalue weighted by Crippen LogP contribution is -2.24. The maximum atomic E-state index is 11.2. The van der Waals surface area contributed by atoms with Gasteiger partial charge in [0.25, 0.3) is 10.1 Å². The zero-order valence-electron chi connectivity index (χ0n) is 10.5. The van der Waals surface area contributed by atoms with Gasteiger partial charge in [0, 0.05) is 6.42 Å². The molecule has 5 nitrogen and oxygen atoms in total. The Hall–Kier alpha value is -0.620. The fraction of sp³-hybridized carbons (Fsp3) is 0.909. The van der Waals surface area contributed by atoms with Crippen LogP contribution in [0.4, 0.5) is 0 Å². The number of ether oxygens (including phenoxy) is 1. The van der Waals surface area contributed by atoms with Crippen molar-refractivity contribution >= 4 is 16.1 Å². The monoisotopic (exact) mass is 266 g/mol. The van der Waals surface area contributed by atoms with E-state index < -0.39 is 21.3 Å². The Balaban J connectivity index is 3.60. The molecule has 102 valence electrons. The fourth-order valence-electron chi connectivity index (χ4n) is 1.24. The van der Waals surface area contributed by atoms with E-state index >= 15 is 0 Å². The minimum absolute atomic E-state index is 0.285. The van der Waals surface area contributed by atoms with E-state index in [1.54, 1.807) is 0 Å². The molecule has 0 bridgehead atoms. The highest BCUT2D eigenvalue weighted by Gasteiger charge is 2.18. The zero-order chi connectivity index (χ0) is 13.3. The van der Waals surface area contributed by atoms with Gasteiger partial charge in [0.15, 0.2) is 0 Å². The lowest BCUT2D eigenvalue weighted by molar-refractivity contribution is -0.143. The molecule has 17 heavy (non-hydrogen) atoms. The van der Waals surface area contributed by atoms with E-state index in [0.717, 1.165) is 32.1 Å². The standard InChI is InChI=1S/C11H22O5S/c1-3-4-5-6-7-8-11(12)16-9-10(2)17(13,14)15/h10H,3-9H2,1-2H3,(H,13,14,15). The molecule has 0 aromatic rings.